The Balaban J connectivity index is 2.52. The summed E-state index contributed by atoms with van der Waals surface area (Å²) in [7, 11) is 0. The third-order valence-corrected chi connectivity index (χ3v) is 2.85. The molecule has 3 rings (SSSR count). The van der Waals surface area contributed by atoms with Gasteiger partial charge in [0.05, 0.1) is 13.7 Å². The normalized spacial score (nSPS) is 17.7. The van der Waals surface area contributed by atoms with Crippen LogP contribution in [0.5, 0.6) is 0 Å². The average molecular weight is 275 g/mol. The summed E-state index contributed by atoms with van der Waals surface area (Å²) >= 11 is 6.33. The van der Waals surface area contributed by atoms with E-state index in [1.54, 1.807) is 0 Å². The molecule has 0 saturated carbocycles. The molecule has 0 bridgehead atoms. The van der Waals surface area contributed by atoms with Crippen molar-refractivity contribution in [3.8, 4) is 22.3 Å². The lowest BCUT2D eigenvalue weighted by molar-refractivity contribution is 1.58. The van der Waals surface area contributed by atoms with Crippen LogP contribution in [0.2, 0.25) is 5.02 Å². The summed E-state index contributed by atoms with van der Waals surface area (Å²) in [6.07, 6.45) is 0. The van der Waals surface area contributed by atoms with Crippen molar-refractivity contribution in [3.05, 3.63) is 83.6 Å². The number of hydrogen-bond acceptors (Lipinski definition) is 0. The molecule has 3 aromatic rings. The molecular formula is C18H13Cl. The van der Waals surface area contributed by atoms with Gasteiger partial charge < -0.3 is 0 Å². The number of hydrogen-bond donors (Lipinski definition) is 0. The fourth-order valence-electron chi connectivity index (χ4n) is 1.75. The molecule has 0 radical (unpaired) electrons. The maximum absolute atomic E-state index is 8.23. The molecular weight excluding hydrogens is 252 g/mol. The minimum atomic E-state index is -0.569. The second-order valence-corrected chi connectivity index (χ2v) is 4.07. The van der Waals surface area contributed by atoms with Crippen LogP contribution in [-0.4, -0.2) is 0 Å². The summed E-state index contributed by atoms with van der Waals surface area (Å²) in [4.78, 5) is 0. The molecule has 0 N–H and O–H groups in total. The molecule has 0 unspecified atom stereocenters. The molecule has 0 heterocycles. The second-order valence-electron chi connectivity index (χ2n) is 3.66. The van der Waals surface area contributed by atoms with Gasteiger partial charge in [0.1, 0.15) is 0 Å². The van der Waals surface area contributed by atoms with Crippen molar-refractivity contribution in [2.75, 3.05) is 0 Å². The van der Waals surface area contributed by atoms with Gasteiger partial charge in [-0.05, 0) is 22.8 Å². The molecule has 0 fully saturated rings. The molecule has 0 aromatic heterocycles. The van der Waals surface area contributed by atoms with E-state index in [-0.39, 0.29) is 27.3 Å². The van der Waals surface area contributed by atoms with Crippen LogP contribution >= 0.6 is 11.6 Å². The summed E-state index contributed by atoms with van der Waals surface area (Å²) in [6.45, 7) is 0. The highest BCUT2D eigenvalue weighted by Gasteiger charge is 2.10. The maximum atomic E-state index is 8.23. The minimum Gasteiger partial charge on any atom is -0.0836 e. The Labute approximate surface area is 132 Å². The predicted octanol–water partition coefficient (Wildman–Crippen LogP) is 5.67. The van der Waals surface area contributed by atoms with E-state index in [9.17, 15) is 0 Å². The highest BCUT2D eigenvalue weighted by atomic mass is 35.5. The molecule has 0 aliphatic rings. The van der Waals surface area contributed by atoms with Gasteiger partial charge in [-0.2, -0.15) is 0 Å². The monoisotopic (exact) mass is 274 g/mol. The second kappa shape index (κ2) is 5.29. The molecule has 1 heteroatoms. The summed E-state index contributed by atoms with van der Waals surface area (Å²) in [5.74, 6) is 0. The molecule has 0 atom stereocenters. The maximum Gasteiger partial charge on any atom is 0.0629 e. The van der Waals surface area contributed by atoms with Crippen LogP contribution < -0.4 is 0 Å². The van der Waals surface area contributed by atoms with Crippen LogP contribution in [0.15, 0.2) is 78.6 Å². The van der Waals surface area contributed by atoms with Crippen LogP contribution in [0.1, 0.15) is 13.7 Å². The highest BCUT2D eigenvalue weighted by Crippen LogP contribution is 2.37. The quantitative estimate of drug-likeness (QED) is 0.564. The van der Waals surface area contributed by atoms with Crippen molar-refractivity contribution in [2.45, 2.75) is 0 Å². The Morgan fingerprint density at radius 3 is 1.95 bits per heavy atom. The van der Waals surface area contributed by atoms with Gasteiger partial charge in [-0.3, -0.25) is 0 Å². The third kappa shape index (κ3) is 2.40. The summed E-state index contributed by atoms with van der Waals surface area (Å²) in [5, 5.41) is 0.0211. The van der Waals surface area contributed by atoms with E-state index in [1.165, 1.54) is 18.2 Å². The molecule has 0 spiro atoms. The molecule has 0 nitrogen and oxygen atoms in total. The van der Waals surface area contributed by atoms with Crippen molar-refractivity contribution in [3.63, 3.8) is 0 Å². The van der Waals surface area contributed by atoms with Gasteiger partial charge in [0.2, 0.25) is 0 Å². The molecule has 0 saturated heterocycles. The largest absolute Gasteiger partial charge is 0.0836 e. The van der Waals surface area contributed by atoms with Crippen molar-refractivity contribution in [2.24, 2.45) is 0 Å². The van der Waals surface area contributed by atoms with Gasteiger partial charge in [-0.1, -0.05) is 84.2 Å². The highest BCUT2D eigenvalue weighted by molar-refractivity contribution is 6.34. The average Bonchev–Trinajstić information content (AvgIpc) is 2.69. The minimum absolute atomic E-state index is 0.00435. The van der Waals surface area contributed by atoms with Gasteiger partial charge in [-0.25, -0.2) is 0 Å². The topological polar surface area (TPSA) is 0 Å². The fraction of sp³-hybridized carbons (Fsp3) is 0. The van der Waals surface area contributed by atoms with E-state index >= 15 is 0 Å². The Morgan fingerprint density at radius 2 is 1.32 bits per heavy atom. The SMILES string of the molecule is [2H]c1c([2H])c([2H])c(-c2cccc(Cl)c2-c2c([2H])c([2H])c([2H])c([2H])c2[2H])c([2H])c1[2H]. The predicted molar refractivity (Wildman–Crippen MR) is 82.3 cm³/mol. The molecule has 0 aliphatic heterocycles. The van der Waals surface area contributed by atoms with E-state index in [1.807, 2.05) is 0 Å². The van der Waals surface area contributed by atoms with Crippen LogP contribution in [-0.2, 0) is 0 Å². The van der Waals surface area contributed by atoms with E-state index in [4.69, 9.17) is 25.3 Å². The first-order valence-corrected chi connectivity index (χ1v) is 5.81. The van der Waals surface area contributed by atoms with Crippen molar-refractivity contribution in [1.29, 1.82) is 0 Å². The zero-order valence-corrected chi connectivity index (χ0v) is 10.4. The van der Waals surface area contributed by atoms with Crippen molar-refractivity contribution < 1.29 is 13.7 Å². The Bertz CT molecular complexity index is 1110. The van der Waals surface area contributed by atoms with Crippen LogP contribution in [0.25, 0.3) is 22.3 Å². The van der Waals surface area contributed by atoms with E-state index in [0.717, 1.165) is 0 Å². The lowest BCUT2D eigenvalue weighted by Crippen LogP contribution is -1.86. The molecule has 92 valence electrons. The first-order valence-electron chi connectivity index (χ1n) is 10.4. The summed E-state index contributed by atoms with van der Waals surface area (Å²) in [5.41, 5.74) is -0.290. The first kappa shape index (κ1) is 5.15. The standard InChI is InChI=1S/C18H13Cl/c19-17-13-7-12-16(14-8-3-1-4-9-14)18(17)15-10-5-2-6-11-15/h1-13H/i1D,2D,3D,4D,5D,6D,8D,9D,10D,11D. The summed E-state index contributed by atoms with van der Waals surface area (Å²) < 4.78 is 80.0. The lowest BCUT2D eigenvalue weighted by Gasteiger charge is -2.12. The molecule has 19 heavy (non-hydrogen) atoms. The van der Waals surface area contributed by atoms with Gasteiger partial charge in [0, 0.05) is 10.6 Å². The first-order chi connectivity index (χ1) is 13.5. The van der Waals surface area contributed by atoms with Crippen molar-refractivity contribution >= 4 is 11.6 Å². The van der Waals surface area contributed by atoms with E-state index < -0.39 is 60.4 Å². The van der Waals surface area contributed by atoms with Gasteiger partial charge in [0.15, 0.2) is 0 Å². The van der Waals surface area contributed by atoms with Crippen LogP contribution in [0, 0.1) is 0 Å². The zero-order valence-electron chi connectivity index (χ0n) is 19.6. The van der Waals surface area contributed by atoms with E-state index in [2.05, 4.69) is 0 Å². The number of halogens is 1. The Hall–Kier alpha value is -2.05. The zero-order chi connectivity index (χ0) is 21.8. The fourth-order valence-corrected chi connectivity index (χ4v) is 2.02. The van der Waals surface area contributed by atoms with Gasteiger partial charge in [0.25, 0.3) is 0 Å². The van der Waals surface area contributed by atoms with Gasteiger partial charge in [-0.15, -0.1) is 0 Å². The Morgan fingerprint density at radius 1 is 0.737 bits per heavy atom. The van der Waals surface area contributed by atoms with Crippen LogP contribution in [0.3, 0.4) is 0 Å². The summed E-state index contributed by atoms with van der Waals surface area (Å²) in [6, 6.07) is -0.935. The molecule has 3 aromatic carbocycles. The number of rotatable bonds is 2. The Kier molecular flexibility index (Phi) is 1.43. The molecule has 0 amide bonds. The lowest BCUT2D eigenvalue weighted by atomic mass is 9.94. The van der Waals surface area contributed by atoms with E-state index in [0.29, 0.717) is 0 Å². The van der Waals surface area contributed by atoms with Crippen LogP contribution in [0.4, 0.5) is 0 Å². The number of benzene rings is 3. The van der Waals surface area contributed by atoms with Gasteiger partial charge >= 0.3 is 0 Å². The van der Waals surface area contributed by atoms with Crippen molar-refractivity contribution in [1.82, 2.24) is 0 Å². The smallest absolute Gasteiger partial charge is 0.0629 e. The third-order valence-electron chi connectivity index (χ3n) is 2.53. The molecule has 0 aliphatic carbocycles.